The number of aldehydes is 1. The molecule has 0 unspecified atom stereocenters. The van der Waals surface area contributed by atoms with Crippen LogP contribution in [0, 0.1) is 0 Å². The molecule has 4 atom stereocenters. The van der Waals surface area contributed by atoms with Gasteiger partial charge in [0.15, 0.2) is 0 Å². The zero-order valence-corrected chi connectivity index (χ0v) is 7.28. The predicted molar refractivity (Wildman–Crippen MR) is 44.2 cm³/mol. The second kappa shape index (κ2) is 6.44. The number of hydrogen-bond donors (Lipinski definition) is 5. The lowest BCUT2D eigenvalue weighted by Gasteiger charge is -2.24. The summed E-state index contributed by atoms with van der Waals surface area (Å²) in [5, 5.41) is 37.7. The lowest BCUT2D eigenvalue weighted by molar-refractivity contribution is -0.125. The first-order valence-corrected chi connectivity index (χ1v) is 3.88. The molecule has 0 spiro atoms. The van der Waals surface area contributed by atoms with E-state index in [4.69, 9.17) is 15.3 Å². The average Bonchev–Trinajstić information content (AvgIpc) is 2.22. The van der Waals surface area contributed by atoms with E-state index in [0.29, 0.717) is 0 Å². The standard InChI is InChI=1S/C7H13NO6/c9-1-4(8-3-11)6(13)7(14)5(12)2-10/h1,3-7,10,12-14H,2H2,(H,8,11)/t4-,5+,6+,7+/m0/s1. The van der Waals surface area contributed by atoms with Gasteiger partial charge in [0, 0.05) is 0 Å². The van der Waals surface area contributed by atoms with Gasteiger partial charge in [-0.3, -0.25) is 4.79 Å². The van der Waals surface area contributed by atoms with E-state index < -0.39 is 31.0 Å². The molecular weight excluding hydrogens is 194 g/mol. The summed E-state index contributed by atoms with van der Waals surface area (Å²) in [6, 6.07) is -1.32. The largest absolute Gasteiger partial charge is 0.394 e. The van der Waals surface area contributed by atoms with E-state index in [2.05, 4.69) is 0 Å². The van der Waals surface area contributed by atoms with Crippen molar-refractivity contribution in [3.63, 3.8) is 0 Å². The van der Waals surface area contributed by atoms with Gasteiger partial charge >= 0.3 is 0 Å². The van der Waals surface area contributed by atoms with Crippen molar-refractivity contribution < 1.29 is 30.0 Å². The van der Waals surface area contributed by atoms with Crippen LogP contribution in [0.1, 0.15) is 0 Å². The number of amides is 1. The normalized spacial score (nSPS) is 19.1. The van der Waals surface area contributed by atoms with Crippen molar-refractivity contribution in [1.82, 2.24) is 5.32 Å². The van der Waals surface area contributed by atoms with Gasteiger partial charge in [-0.2, -0.15) is 0 Å². The van der Waals surface area contributed by atoms with E-state index in [9.17, 15) is 14.7 Å². The zero-order valence-electron chi connectivity index (χ0n) is 7.28. The molecule has 0 aromatic heterocycles. The van der Waals surface area contributed by atoms with Gasteiger partial charge in [-0.25, -0.2) is 0 Å². The summed E-state index contributed by atoms with van der Waals surface area (Å²) in [6.45, 7) is -0.759. The maximum Gasteiger partial charge on any atom is 0.207 e. The number of carbonyl (C=O) groups excluding carboxylic acids is 2. The van der Waals surface area contributed by atoms with Crippen molar-refractivity contribution in [2.24, 2.45) is 0 Å². The first kappa shape index (κ1) is 13.0. The van der Waals surface area contributed by atoms with Crippen molar-refractivity contribution in [2.45, 2.75) is 24.4 Å². The highest BCUT2D eigenvalue weighted by Gasteiger charge is 2.30. The van der Waals surface area contributed by atoms with Crippen LogP contribution >= 0.6 is 0 Å². The third kappa shape index (κ3) is 3.38. The second-order valence-electron chi connectivity index (χ2n) is 2.68. The van der Waals surface area contributed by atoms with E-state index in [-0.39, 0.29) is 12.7 Å². The fraction of sp³-hybridized carbons (Fsp3) is 0.714. The van der Waals surface area contributed by atoms with E-state index >= 15 is 0 Å². The fourth-order valence-electron chi connectivity index (χ4n) is 0.845. The van der Waals surface area contributed by atoms with Crippen molar-refractivity contribution >= 4 is 12.7 Å². The highest BCUT2D eigenvalue weighted by atomic mass is 16.4. The molecule has 0 bridgehead atoms. The summed E-state index contributed by atoms with van der Waals surface area (Å²) in [7, 11) is 0. The molecule has 0 saturated carbocycles. The van der Waals surface area contributed by atoms with Gasteiger partial charge in [0.05, 0.1) is 6.61 Å². The molecule has 5 N–H and O–H groups in total. The topological polar surface area (TPSA) is 127 Å². The number of hydrogen-bond acceptors (Lipinski definition) is 6. The van der Waals surface area contributed by atoms with Crippen LogP contribution in [0.3, 0.4) is 0 Å². The summed E-state index contributed by atoms with van der Waals surface area (Å²) in [4.78, 5) is 20.3. The van der Waals surface area contributed by atoms with Gasteiger partial charge < -0.3 is 30.5 Å². The van der Waals surface area contributed by atoms with Gasteiger partial charge in [-0.05, 0) is 0 Å². The predicted octanol–water partition coefficient (Wildman–Crippen LogP) is -3.63. The summed E-state index contributed by atoms with van der Waals surface area (Å²) in [5.74, 6) is 0. The quantitative estimate of drug-likeness (QED) is 0.274. The maximum atomic E-state index is 10.3. The summed E-state index contributed by atoms with van der Waals surface area (Å²) in [5.41, 5.74) is 0. The first-order chi connectivity index (χ1) is 6.58. The van der Waals surface area contributed by atoms with E-state index in [0.717, 1.165) is 0 Å². The summed E-state index contributed by atoms with van der Waals surface area (Å²) < 4.78 is 0. The molecule has 0 radical (unpaired) electrons. The number of carbonyl (C=O) groups is 2. The number of rotatable bonds is 7. The Balaban J connectivity index is 4.31. The third-order valence-corrected chi connectivity index (χ3v) is 1.71. The van der Waals surface area contributed by atoms with Gasteiger partial charge in [-0.1, -0.05) is 0 Å². The lowest BCUT2D eigenvalue weighted by atomic mass is 10.0. The summed E-state index contributed by atoms with van der Waals surface area (Å²) >= 11 is 0. The smallest absolute Gasteiger partial charge is 0.207 e. The van der Waals surface area contributed by atoms with Crippen molar-refractivity contribution in [1.29, 1.82) is 0 Å². The molecule has 0 aliphatic rings. The number of aliphatic hydroxyl groups is 4. The highest BCUT2D eigenvalue weighted by Crippen LogP contribution is 2.03. The Labute approximate surface area is 80.0 Å². The number of nitrogens with one attached hydrogen (secondary N) is 1. The Morgan fingerprint density at radius 3 is 2.07 bits per heavy atom. The Hall–Kier alpha value is -1.02. The lowest BCUT2D eigenvalue weighted by Crippen LogP contribution is -2.51. The average molecular weight is 207 g/mol. The van der Waals surface area contributed by atoms with Crippen LogP contribution in [0.15, 0.2) is 0 Å². The van der Waals surface area contributed by atoms with Crippen LogP contribution in [0.5, 0.6) is 0 Å². The fourth-order valence-corrected chi connectivity index (χ4v) is 0.845. The van der Waals surface area contributed by atoms with Crippen LogP contribution in [-0.4, -0.2) is 64.1 Å². The molecule has 0 heterocycles. The van der Waals surface area contributed by atoms with Crippen LogP contribution in [0.25, 0.3) is 0 Å². The molecule has 82 valence electrons. The molecule has 0 aliphatic heterocycles. The highest BCUT2D eigenvalue weighted by molar-refractivity contribution is 5.64. The van der Waals surface area contributed by atoms with Crippen molar-refractivity contribution in [2.75, 3.05) is 6.61 Å². The summed E-state index contributed by atoms with van der Waals surface area (Å²) in [6.07, 6.45) is -4.55. The minimum Gasteiger partial charge on any atom is -0.394 e. The molecule has 0 aromatic rings. The van der Waals surface area contributed by atoms with Crippen LogP contribution in [0.4, 0.5) is 0 Å². The molecule has 0 saturated heterocycles. The molecular formula is C7H13NO6. The monoisotopic (exact) mass is 207 g/mol. The van der Waals surface area contributed by atoms with Crippen LogP contribution < -0.4 is 5.32 Å². The molecule has 0 aliphatic carbocycles. The molecule has 0 aromatic carbocycles. The van der Waals surface area contributed by atoms with Crippen LogP contribution in [-0.2, 0) is 9.59 Å². The van der Waals surface area contributed by atoms with E-state index in [1.54, 1.807) is 0 Å². The SMILES string of the molecule is O=CN[C@@H](C=O)[C@@H](O)[C@H](O)[C@H](O)CO. The number of aliphatic hydroxyl groups excluding tert-OH is 4. The van der Waals surface area contributed by atoms with Crippen molar-refractivity contribution in [3.05, 3.63) is 0 Å². The Morgan fingerprint density at radius 1 is 1.14 bits per heavy atom. The van der Waals surface area contributed by atoms with Crippen LogP contribution in [0.2, 0.25) is 0 Å². The second-order valence-corrected chi connectivity index (χ2v) is 2.68. The molecule has 14 heavy (non-hydrogen) atoms. The Bertz CT molecular complexity index is 187. The van der Waals surface area contributed by atoms with Gasteiger partial charge in [0.1, 0.15) is 30.6 Å². The van der Waals surface area contributed by atoms with Crippen molar-refractivity contribution in [3.8, 4) is 0 Å². The van der Waals surface area contributed by atoms with Gasteiger partial charge in [0.25, 0.3) is 0 Å². The van der Waals surface area contributed by atoms with E-state index in [1.165, 1.54) is 0 Å². The van der Waals surface area contributed by atoms with Gasteiger partial charge in [0.2, 0.25) is 6.41 Å². The Morgan fingerprint density at radius 2 is 1.71 bits per heavy atom. The first-order valence-electron chi connectivity index (χ1n) is 3.88. The molecule has 7 heteroatoms. The molecule has 0 rings (SSSR count). The van der Waals surface area contributed by atoms with E-state index in [1.807, 2.05) is 5.32 Å². The molecule has 7 nitrogen and oxygen atoms in total. The zero-order chi connectivity index (χ0) is 11.1. The minimum absolute atomic E-state index is 0.181. The minimum atomic E-state index is -1.71. The molecule has 1 amide bonds. The van der Waals surface area contributed by atoms with Gasteiger partial charge in [-0.15, -0.1) is 0 Å². The Kier molecular flexibility index (Phi) is 5.97. The molecule has 0 fully saturated rings. The third-order valence-electron chi connectivity index (χ3n) is 1.71. The maximum absolute atomic E-state index is 10.3.